The summed E-state index contributed by atoms with van der Waals surface area (Å²) < 4.78 is 5.42. The van der Waals surface area contributed by atoms with Crippen LogP contribution in [0, 0.1) is 20.8 Å². The molecule has 1 aromatic carbocycles. The summed E-state index contributed by atoms with van der Waals surface area (Å²) in [6.45, 7) is 6.14. The Kier molecular flexibility index (Phi) is 4.56. The molecule has 4 nitrogen and oxygen atoms in total. The third-order valence-electron chi connectivity index (χ3n) is 3.17. The van der Waals surface area contributed by atoms with Crippen molar-refractivity contribution in [3.8, 4) is 0 Å². The minimum Gasteiger partial charge on any atom is -0.444 e. The van der Waals surface area contributed by atoms with Crippen LogP contribution >= 0.6 is 0 Å². The van der Waals surface area contributed by atoms with Gasteiger partial charge < -0.3 is 9.73 Å². The van der Waals surface area contributed by atoms with Gasteiger partial charge in [-0.2, -0.15) is 0 Å². The van der Waals surface area contributed by atoms with Crippen LogP contribution in [0.1, 0.15) is 34.9 Å². The lowest BCUT2D eigenvalue weighted by Gasteiger charge is -2.04. The van der Waals surface area contributed by atoms with Crippen LogP contribution in [-0.4, -0.2) is 10.9 Å². The Morgan fingerprint density at radius 3 is 2.75 bits per heavy atom. The lowest BCUT2D eigenvalue weighted by molar-refractivity contribution is -0.121. The van der Waals surface area contributed by atoms with E-state index < -0.39 is 0 Å². The van der Waals surface area contributed by atoms with Crippen LogP contribution in [-0.2, 0) is 17.8 Å². The largest absolute Gasteiger partial charge is 0.444 e. The molecule has 0 spiro atoms. The highest BCUT2D eigenvalue weighted by molar-refractivity contribution is 5.76. The van der Waals surface area contributed by atoms with Gasteiger partial charge in [-0.3, -0.25) is 4.79 Å². The summed E-state index contributed by atoms with van der Waals surface area (Å²) in [5, 5.41) is 2.87. The predicted molar refractivity (Wildman–Crippen MR) is 77.3 cm³/mol. The molecule has 0 saturated carbocycles. The molecule has 0 fully saturated rings. The Labute approximate surface area is 119 Å². The Bertz CT molecular complexity index is 602. The number of hydrogen-bond acceptors (Lipinski definition) is 3. The zero-order chi connectivity index (χ0) is 14.5. The van der Waals surface area contributed by atoms with Crippen LogP contribution in [0.4, 0.5) is 0 Å². The Hall–Kier alpha value is -2.10. The minimum atomic E-state index is 0.0277. The second-order valence-corrected chi connectivity index (χ2v) is 5.01. The molecular weight excluding hydrogens is 252 g/mol. The van der Waals surface area contributed by atoms with Crippen molar-refractivity contribution in [2.45, 2.75) is 40.2 Å². The van der Waals surface area contributed by atoms with Gasteiger partial charge in [0.1, 0.15) is 5.76 Å². The van der Waals surface area contributed by atoms with Gasteiger partial charge in [0, 0.05) is 13.3 Å². The molecule has 2 aromatic rings. The first-order chi connectivity index (χ1) is 9.54. The SMILES string of the molecule is Cc1cccc(CCC(=O)NCc2oc(C)nc2C)c1. The summed E-state index contributed by atoms with van der Waals surface area (Å²) in [7, 11) is 0. The smallest absolute Gasteiger partial charge is 0.220 e. The first-order valence-corrected chi connectivity index (χ1v) is 6.80. The Morgan fingerprint density at radius 1 is 1.30 bits per heavy atom. The van der Waals surface area contributed by atoms with Crippen LogP contribution in [0.25, 0.3) is 0 Å². The second-order valence-electron chi connectivity index (χ2n) is 5.01. The van der Waals surface area contributed by atoms with Crippen molar-refractivity contribution < 1.29 is 9.21 Å². The van der Waals surface area contributed by atoms with Crippen LogP contribution in [0.5, 0.6) is 0 Å². The monoisotopic (exact) mass is 272 g/mol. The maximum atomic E-state index is 11.8. The molecule has 0 aliphatic rings. The van der Waals surface area contributed by atoms with E-state index in [-0.39, 0.29) is 5.91 Å². The van der Waals surface area contributed by atoms with Gasteiger partial charge >= 0.3 is 0 Å². The molecule has 0 atom stereocenters. The number of amides is 1. The molecular formula is C16H20N2O2. The second kappa shape index (κ2) is 6.37. The fraction of sp³-hybridized carbons (Fsp3) is 0.375. The molecule has 0 aliphatic heterocycles. The fourth-order valence-electron chi connectivity index (χ4n) is 2.13. The summed E-state index contributed by atoms with van der Waals surface area (Å²) in [6, 6.07) is 8.23. The number of nitrogens with one attached hydrogen (secondary N) is 1. The highest BCUT2D eigenvalue weighted by atomic mass is 16.4. The number of nitrogens with zero attached hydrogens (tertiary/aromatic N) is 1. The van der Waals surface area contributed by atoms with Crippen molar-refractivity contribution in [3.63, 3.8) is 0 Å². The van der Waals surface area contributed by atoms with Crippen molar-refractivity contribution in [3.05, 3.63) is 52.7 Å². The highest BCUT2D eigenvalue weighted by Crippen LogP contribution is 2.09. The van der Waals surface area contributed by atoms with E-state index in [1.165, 1.54) is 11.1 Å². The summed E-state index contributed by atoms with van der Waals surface area (Å²) in [5.41, 5.74) is 3.24. The number of rotatable bonds is 5. The molecule has 0 radical (unpaired) electrons. The standard InChI is InChI=1S/C16H20N2O2/c1-11-5-4-6-14(9-11)7-8-16(19)17-10-15-12(2)18-13(3)20-15/h4-6,9H,7-8,10H2,1-3H3,(H,17,19). The maximum absolute atomic E-state index is 11.8. The van der Waals surface area contributed by atoms with E-state index in [1.807, 2.05) is 19.1 Å². The van der Waals surface area contributed by atoms with Gasteiger partial charge in [0.25, 0.3) is 0 Å². The van der Waals surface area contributed by atoms with Crippen molar-refractivity contribution in [1.29, 1.82) is 0 Å². The van der Waals surface area contributed by atoms with Gasteiger partial charge in [-0.05, 0) is 25.8 Å². The topological polar surface area (TPSA) is 55.1 Å². The third-order valence-corrected chi connectivity index (χ3v) is 3.17. The van der Waals surface area contributed by atoms with Gasteiger partial charge in [-0.15, -0.1) is 0 Å². The maximum Gasteiger partial charge on any atom is 0.220 e. The van der Waals surface area contributed by atoms with Gasteiger partial charge in [0.05, 0.1) is 12.2 Å². The first-order valence-electron chi connectivity index (χ1n) is 6.80. The molecule has 20 heavy (non-hydrogen) atoms. The van der Waals surface area contributed by atoms with Crippen LogP contribution in [0.15, 0.2) is 28.7 Å². The lowest BCUT2D eigenvalue weighted by atomic mass is 10.1. The molecule has 1 amide bonds. The summed E-state index contributed by atoms with van der Waals surface area (Å²) in [6.07, 6.45) is 1.23. The fourth-order valence-corrected chi connectivity index (χ4v) is 2.13. The van der Waals surface area contributed by atoms with Crippen molar-refractivity contribution >= 4 is 5.91 Å². The molecule has 106 valence electrons. The average Bonchev–Trinajstić information content (AvgIpc) is 2.72. The molecule has 0 saturated heterocycles. The Morgan fingerprint density at radius 2 is 2.10 bits per heavy atom. The van der Waals surface area contributed by atoms with Crippen molar-refractivity contribution in [2.24, 2.45) is 0 Å². The summed E-state index contributed by atoms with van der Waals surface area (Å²) in [4.78, 5) is 16.0. The average molecular weight is 272 g/mol. The Balaban J connectivity index is 1.80. The number of carbonyl (C=O) groups is 1. The van der Waals surface area contributed by atoms with Gasteiger partial charge in [-0.25, -0.2) is 4.98 Å². The summed E-state index contributed by atoms with van der Waals surface area (Å²) >= 11 is 0. The predicted octanol–water partition coefficient (Wildman–Crippen LogP) is 2.85. The van der Waals surface area contributed by atoms with E-state index in [1.54, 1.807) is 6.92 Å². The number of hydrogen-bond donors (Lipinski definition) is 1. The molecule has 1 heterocycles. The normalized spacial score (nSPS) is 10.6. The van der Waals surface area contributed by atoms with Crippen LogP contribution in [0.3, 0.4) is 0 Å². The quantitative estimate of drug-likeness (QED) is 0.910. The highest BCUT2D eigenvalue weighted by Gasteiger charge is 2.08. The molecule has 4 heteroatoms. The van der Waals surface area contributed by atoms with E-state index in [0.717, 1.165) is 17.9 Å². The van der Waals surface area contributed by atoms with Crippen LogP contribution in [0.2, 0.25) is 0 Å². The van der Waals surface area contributed by atoms with E-state index >= 15 is 0 Å². The van der Waals surface area contributed by atoms with Gasteiger partial charge in [0.15, 0.2) is 5.89 Å². The number of aryl methyl sites for hydroxylation is 4. The molecule has 0 unspecified atom stereocenters. The van der Waals surface area contributed by atoms with E-state index in [0.29, 0.717) is 18.9 Å². The van der Waals surface area contributed by atoms with Gasteiger partial charge in [-0.1, -0.05) is 29.8 Å². The third kappa shape index (κ3) is 3.95. The molecule has 1 aromatic heterocycles. The first kappa shape index (κ1) is 14.3. The van der Waals surface area contributed by atoms with E-state index in [9.17, 15) is 4.79 Å². The number of aromatic nitrogens is 1. The lowest BCUT2D eigenvalue weighted by Crippen LogP contribution is -2.23. The zero-order valence-electron chi connectivity index (χ0n) is 12.2. The van der Waals surface area contributed by atoms with Gasteiger partial charge in [0.2, 0.25) is 5.91 Å². The zero-order valence-corrected chi connectivity index (χ0v) is 12.2. The number of carbonyl (C=O) groups excluding carboxylic acids is 1. The van der Waals surface area contributed by atoms with E-state index in [2.05, 4.69) is 29.4 Å². The van der Waals surface area contributed by atoms with Crippen molar-refractivity contribution in [2.75, 3.05) is 0 Å². The van der Waals surface area contributed by atoms with E-state index in [4.69, 9.17) is 4.42 Å². The number of benzene rings is 1. The van der Waals surface area contributed by atoms with Crippen LogP contribution < -0.4 is 5.32 Å². The minimum absolute atomic E-state index is 0.0277. The molecule has 0 bridgehead atoms. The molecule has 0 aliphatic carbocycles. The van der Waals surface area contributed by atoms with Crippen molar-refractivity contribution in [1.82, 2.24) is 10.3 Å². The molecule has 2 rings (SSSR count). The molecule has 1 N–H and O–H groups in total. The summed E-state index contributed by atoms with van der Waals surface area (Å²) in [5.74, 6) is 1.39. The number of oxazole rings is 1.